The van der Waals surface area contributed by atoms with Gasteiger partial charge < -0.3 is 4.42 Å². The van der Waals surface area contributed by atoms with Crippen LogP contribution in [0, 0.1) is 12.3 Å². The molecule has 5 heteroatoms. The molecule has 0 spiro atoms. The second-order valence-corrected chi connectivity index (χ2v) is 6.61. The zero-order chi connectivity index (χ0) is 19.1. The number of fused-ring (bicyclic) bond motifs is 3. The Balaban J connectivity index is 1.81. The van der Waals surface area contributed by atoms with Gasteiger partial charge >= 0.3 is 0 Å². The van der Waals surface area contributed by atoms with Crippen LogP contribution in [0.2, 0.25) is 0 Å². The lowest BCUT2D eigenvalue weighted by Gasteiger charge is -2.12. The summed E-state index contributed by atoms with van der Waals surface area (Å²) in [5, 5.41) is 0. The van der Waals surface area contributed by atoms with Crippen LogP contribution in [0.25, 0.3) is 17.1 Å². The topological polar surface area (TPSA) is 56.2 Å². The molecule has 1 aliphatic heterocycles. The third kappa shape index (κ3) is 2.47. The number of nitrogens with zero attached hydrogens (tertiary/aromatic N) is 4. The van der Waals surface area contributed by atoms with E-state index in [1.165, 1.54) is 6.39 Å². The van der Waals surface area contributed by atoms with Gasteiger partial charge in [-0.2, -0.15) is 0 Å². The van der Waals surface area contributed by atoms with E-state index in [0.29, 0.717) is 5.76 Å². The van der Waals surface area contributed by atoms with Crippen LogP contribution >= 0.6 is 0 Å². The van der Waals surface area contributed by atoms with E-state index in [9.17, 15) is 0 Å². The first-order valence-corrected chi connectivity index (χ1v) is 8.97. The lowest BCUT2D eigenvalue weighted by atomic mass is 9.98. The monoisotopic (exact) mass is 364 g/mol. The molecule has 0 unspecified atom stereocenters. The van der Waals surface area contributed by atoms with Gasteiger partial charge in [0.25, 0.3) is 0 Å². The molecular weight excluding hydrogens is 348 g/mol. The number of oxazole rings is 1. The molecule has 0 saturated heterocycles. The van der Waals surface area contributed by atoms with Crippen LogP contribution in [0.4, 0.5) is 0 Å². The highest BCUT2D eigenvalue weighted by molar-refractivity contribution is 6.15. The van der Waals surface area contributed by atoms with Crippen molar-refractivity contribution >= 4 is 5.71 Å². The highest BCUT2D eigenvalue weighted by atomic mass is 16.3. The molecule has 1 atom stereocenters. The molecule has 0 saturated carbocycles. The maximum absolute atomic E-state index is 5.67. The summed E-state index contributed by atoms with van der Waals surface area (Å²) in [4.78, 5) is 13.7. The summed E-state index contributed by atoms with van der Waals surface area (Å²) in [5.41, 5.74) is 6.44. The highest BCUT2D eigenvalue weighted by Gasteiger charge is 2.27. The van der Waals surface area contributed by atoms with E-state index >= 15 is 0 Å². The van der Waals surface area contributed by atoms with E-state index in [2.05, 4.69) is 39.5 Å². The smallest absolute Gasteiger partial charge is 0.181 e. The van der Waals surface area contributed by atoms with Crippen molar-refractivity contribution in [2.24, 2.45) is 4.99 Å². The molecule has 0 aliphatic carbocycles. The van der Waals surface area contributed by atoms with Crippen LogP contribution < -0.4 is 0 Å². The second-order valence-electron chi connectivity index (χ2n) is 6.61. The molecule has 0 fully saturated rings. The maximum atomic E-state index is 5.67. The Morgan fingerprint density at radius 3 is 2.75 bits per heavy atom. The van der Waals surface area contributed by atoms with Gasteiger partial charge in [-0.05, 0) is 25.1 Å². The predicted octanol–water partition coefficient (Wildman–Crippen LogP) is 4.42. The first-order chi connectivity index (χ1) is 13.8. The van der Waals surface area contributed by atoms with Gasteiger partial charge in [-0.1, -0.05) is 36.3 Å². The molecule has 1 aliphatic rings. The quantitative estimate of drug-likeness (QED) is 0.495. The lowest BCUT2D eigenvalue weighted by Crippen LogP contribution is -2.07. The van der Waals surface area contributed by atoms with Gasteiger partial charge in [0.15, 0.2) is 12.2 Å². The summed E-state index contributed by atoms with van der Waals surface area (Å²) in [7, 11) is 0. The second kappa shape index (κ2) is 6.36. The Hall–Kier alpha value is -3.91. The number of aliphatic imine (C=N–C) groups is 1. The fraction of sp³-hybridized carbons (Fsp3) is 0.0870. The van der Waals surface area contributed by atoms with Gasteiger partial charge in [0, 0.05) is 16.7 Å². The van der Waals surface area contributed by atoms with E-state index in [1.807, 2.05) is 42.7 Å². The van der Waals surface area contributed by atoms with Crippen LogP contribution in [0.3, 0.4) is 0 Å². The SMILES string of the molecule is C#Cc1ccc2c(c1)C(c1ccccc1)=N[C@H](C)c1c(-c3cnco3)ncn1-2. The number of terminal acetylenes is 1. The molecule has 0 bridgehead atoms. The molecule has 0 amide bonds. The summed E-state index contributed by atoms with van der Waals surface area (Å²) < 4.78 is 7.57. The molecule has 0 radical (unpaired) electrons. The molecule has 4 aromatic rings. The maximum Gasteiger partial charge on any atom is 0.181 e. The highest BCUT2D eigenvalue weighted by Crippen LogP contribution is 2.36. The summed E-state index contributed by atoms with van der Waals surface area (Å²) in [6.45, 7) is 2.06. The zero-order valence-electron chi connectivity index (χ0n) is 15.2. The van der Waals surface area contributed by atoms with Gasteiger partial charge in [0.2, 0.25) is 0 Å². The normalized spacial score (nSPS) is 15.1. The zero-order valence-corrected chi connectivity index (χ0v) is 15.2. The van der Waals surface area contributed by atoms with Crippen molar-refractivity contribution in [3.8, 4) is 29.5 Å². The van der Waals surface area contributed by atoms with E-state index in [0.717, 1.165) is 39.5 Å². The first kappa shape index (κ1) is 16.3. The molecular formula is C23H16N4O. The van der Waals surface area contributed by atoms with Crippen molar-refractivity contribution in [3.63, 3.8) is 0 Å². The lowest BCUT2D eigenvalue weighted by molar-refractivity contribution is 0.568. The van der Waals surface area contributed by atoms with Crippen LogP contribution in [0.15, 0.2) is 76.9 Å². The third-order valence-electron chi connectivity index (χ3n) is 4.91. The van der Waals surface area contributed by atoms with Crippen molar-refractivity contribution in [2.75, 3.05) is 0 Å². The van der Waals surface area contributed by atoms with Crippen molar-refractivity contribution in [2.45, 2.75) is 13.0 Å². The van der Waals surface area contributed by atoms with Crippen molar-refractivity contribution in [3.05, 3.63) is 89.8 Å². The standard InChI is InChI=1S/C23H16N4O/c1-3-16-9-10-19-18(11-16)21(17-7-5-4-6-8-17)26-15(2)23-22(25-13-27(19)23)20-12-24-14-28-20/h1,4-15H,2H3/t15-/m1/s1. The number of rotatable bonds is 2. The van der Waals surface area contributed by atoms with E-state index < -0.39 is 0 Å². The van der Waals surface area contributed by atoms with Crippen LogP contribution in [0.1, 0.15) is 35.3 Å². The minimum atomic E-state index is -0.139. The van der Waals surface area contributed by atoms with E-state index in [1.54, 1.807) is 6.20 Å². The molecule has 5 rings (SSSR count). The van der Waals surface area contributed by atoms with Gasteiger partial charge in [-0.15, -0.1) is 6.42 Å². The Bertz CT molecular complexity index is 1230. The first-order valence-electron chi connectivity index (χ1n) is 8.97. The third-order valence-corrected chi connectivity index (χ3v) is 4.91. The fourth-order valence-electron chi connectivity index (χ4n) is 3.65. The van der Waals surface area contributed by atoms with Crippen molar-refractivity contribution in [1.29, 1.82) is 0 Å². The van der Waals surface area contributed by atoms with Gasteiger partial charge in [-0.3, -0.25) is 9.56 Å². The fourth-order valence-corrected chi connectivity index (χ4v) is 3.65. The van der Waals surface area contributed by atoms with Crippen molar-refractivity contribution < 1.29 is 4.42 Å². The molecule has 2 aromatic heterocycles. The average molecular weight is 364 g/mol. The molecule has 3 heterocycles. The Morgan fingerprint density at radius 2 is 2.00 bits per heavy atom. The number of hydrogen-bond donors (Lipinski definition) is 0. The number of hydrogen-bond acceptors (Lipinski definition) is 4. The minimum Gasteiger partial charge on any atom is -0.442 e. The van der Waals surface area contributed by atoms with Gasteiger partial charge in [0.1, 0.15) is 12.0 Å². The molecule has 0 N–H and O–H groups in total. The van der Waals surface area contributed by atoms with E-state index in [4.69, 9.17) is 15.8 Å². The average Bonchev–Trinajstić information content (AvgIpc) is 3.39. The molecule has 2 aromatic carbocycles. The van der Waals surface area contributed by atoms with Gasteiger partial charge in [0.05, 0.1) is 29.3 Å². The largest absolute Gasteiger partial charge is 0.442 e. The Kier molecular flexibility index (Phi) is 3.70. The summed E-state index contributed by atoms with van der Waals surface area (Å²) in [6.07, 6.45) is 10.6. The minimum absolute atomic E-state index is 0.139. The number of aromatic nitrogens is 3. The van der Waals surface area contributed by atoms with Crippen LogP contribution in [-0.2, 0) is 0 Å². The number of benzene rings is 2. The summed E-state index contributed by atoms with van der Waals surface area (Å²) >= 11 is 0. The molecule has 5 nitrogen and oxygen atoms in total. The van der Waals surface area contributed by atoms with Crippen LogP contribution in [0.5, 0.6) is 0 Å². The molecule has 134 valence electrons. The predicted molar refractivity (Wildman–Crippen MR) is 107 cm³/mol. The van der Waals surface area contributed by atoms with Crippen molar-refractivity contribution in [1.82, 2.24) is 14.5 Å². The Morgan fingerprint density at radius 1 is 1.14 bits per heavy atom. The molecule has 28 heavy (non-hydrogen) atoms. The summed E-state index contributed by atoms with van der Waals surface area (Å²) in [5.74, 6) is 3.35. The van der Waals surface area contributed by atoms with Crippen LogP contribution in [-0.4, -0.2) is 20.2 Å². The van der Waals surface area contributed by atoms with Gasteiger partial charge in [-0.25, -0.2) is 9.97 Å². The summed E-state index contributed by atoms with van der Waals surface area (Å²) in [6, 6.07) is 16.0. The van der Waals surface area contributed by atoms with E-state index in [-0.39, 0.29) is 6.04 Å². The number of imidazole rings is 1. The Labute approximate surface area is 162 Å².